The van der Waals surface area contributed by atoms with Crippen molar-refractivity contribution in [1.82, 2.24) is 0 Å². The Hall–Kier alpha value is -1.94. The molecule has 0 heterocycles. The van der Waals surface area contributed by atoms with Gasteiger partial charge in [-0.2, -0.15) is 0 Å². The number of halogens is 2. The third-order valence-corrected chi connectivity index (χ3v) is 3.27. The van der Waals surface area contributed by atoms with Crippen LogP contribution in [0.15, 0.2) is 36.4 Å². The third-order valence-electron chi connectivity index (χ3n) is 3.27. The Labute approximate surface area is 123 Å². The fourth-order valence-corrected chi connectivity index (χ4v) is 2.17. The molecule has 0 aliphatic carbocycles. The van der Waals surface area contributed by atoms with Crippen LogP contribution < -0.4 is 10.5 Å². The number of ether oxygens (including phenoxy) is 1. The van der Waals surface area contributed by atoms with Gasteiger partial charge in [-0.3, -0.25) is 0 Å². The zero-order valence-corrected chi connectivity index (χ0v) is 12.2. The van der Waals surface area contributed by atoms with E-state index in [4.69, 9.17) is 10.5 Å². The zero-order chi connectivity index (χ0) is 15.4. The quantitative estimate of drug-likeness (QED) is 0.910. The summed E-state index contributed by atoms with van der Waals surface area (Å²) in [5.41, 5.74) is 8.09. The summed E-state index contributed by atoms with van der Waals surface area (Å²) < 4.78 is 32.8. The Morgan fingerprint density at radius 3 is 2.62 bits per heavy atom. The van der Waals surface area contributed by atoms with E-state index in [2.05, 4.69) is 0 Å². The molecule has 0 aliphatic rings. The first-order chi connectivity index (χ1) is 9.97. The van der Waals surface area contributed by atoms with Crippen LogP contribution in [-0.4, -0.2) is 6.04 Å². The minimum absolute atomic E-state index is 0.0925. The summed E-state index contributed by atoms with van der Waals surface area (Å²) in [6, 6.07) is 9.15. The van der Waals surface area contributed by atoms with Crippen LogP contribution in [0.1, 0.15) is 23.6 Å². The Bertz CT molecular complexity index is 626. The van der Waals surface area contributed by atoms with Crippen molar-refractivity contribution in [3.05, 3.63) is 64.7 Å². The maximum Gasteiger partial charge on any atom is 0.165 e. The predicted octanol–water partition coefficient (Wildman–Crippen LogP) is 3.74. The van der Waals surface area contributed by atoms with Gasteiger partial charge in [0.15, 0.2) is 11.6 Å². The predicted molar refractivity (Wildman–Crippen MR) is 79.2 cm³/mol. The van der Waals surface area contributed by atoms with Gasteiger partial charge in [-0.15, -0.1) is 0 Å². The van der Waals surface area contributed by atoms with Crippen molar-refractivity contribution >= 4 is 0 Å². The van der Waals surface area contributed by atoms with Crippen LogP contribution in [0.3, 0.4) is 0 Å². The highest BCUT2D eigenvalue weighted by Crippen LogP contribution is 2.25. The fourth-order valence-electron chi connectivity index (χ4n) is 2.17. The molecule has 0 saturated carbocycles. The van der Waals surface area contributed by atoms with Gasteiger partial charge in [-0.05, 0) is 55.2 Å². The lowest BCUT2D eigenvalue weighted by molar-refractivity contribution is 0.285. The second-order valence-electron chi connectivity index (χ2n) is 5.27. The zero-order valence-electron chi connectivity index (χ0n) is 12.2. The van der Waals surface area contributed by atoms with Crippen LogP contribution in [0.2, 0.25) is 0 Å². The van der Waals surface area contributed by atoms with Gasteiger partial charge in [0.1, 0.15) is 12.4 Å². The number of hydrogen-bond donors (Lipinski definition) is 1. The van der Waals surface area contributed by atoms with E-state index in [9.17, 15) is 8.78 Å². The van der Waals surface area contributed by atoms with Crippen LogP contribution in [0.25, 0.3) is 0 Å². The van der Waals surface area contributed by atoms with E-state index in [1.165, 1.54) is 18.2 Å². The van der Waals surface area contributed by atoms with E-state index in [0.717, 1.165) is 11.1 Å². The molecule has 2 N–H and O–H groups in total. The molecule has 0 fully saturated rings. The minimum atomic E-state index is -0.429. The fraction of sp³-hybridized carbons (Fsp3) is 0.294. The van der Waals surface area contributed by atoms with Crippen LogP contribution in [0.4, 0.5) is 8.78 Å². The molecule has 0 radical (unpaired) electrons. The number of benzene rings is 2. The average Bonchev–Trinajstić information content (AvgIpc) is 2.41. The van der Waals surface area contributed by atoms with E-state index in [1.807, 2.05) is 13.8 Å². The summed E-state index contributed by atoms with van der Waals surface area (Å²) >= 11 is 0. The van der Waals surface area contributed by atoms with E-state index in [1.54, 1.807) is 18.2 Å². The molecule has 0 spiro atoms. The third kappa shape index (κ3) is 4.02. The summed E-state index contributed by atoms with van der Waals surface area (Å²) in [4.78, 5) is 0. The number of aryl methyl sites for hydroxylation is 1. The SMILES string of the molecule is Cc1ccc(F)cc1COc1c(F)cccc1CC(C)N. The van der Waals surface area contributed by atoms with E-state index in [0.29, 0.717) is 12.0 Å². The normalized spacial score (nSPS) is 12.2. The van der Waals surface area contributed by atoms with E-state index >= 15 is 0 Å². The molecule has 2 nitrogen and oxygen atoms in total. The number of rotatable bonds is 5. The van der Waals surface area contributed by atoms with E-state index < -0.39 is 5.82 Å². The first-order valence-corrected chi connectivity index (χ1v) is 6.88. The largest absolute Gasteiger partial charge is 0.486 e. The molecule has 1 unspecified atom stereocenters. The molecule has 1 atom stereocenters. The summed E-state index contributed by atoms with van der Waals surface area (Å²) in [6.07, 6.45) is 0.523. The lowest BCUT2D eigenvalue weighted by atomic mass is 10.1. The maximum atomic E-state index is 13.9. The summed E-state index contributed by atoms with van der Waals surface area (Å²) in [5.74, 6) is -0.566. The van der Waals surface area contributed by atoms with Crippen LogP contribution in [-0.2, 0) is 13.0 Å². The molecular formula is C17H19F2NO. The molecule has 4 heteroatoms. The molecule has 112 valence electrons. The van der Waals surface area contributed by atoms with Crippen molar-refractivity contribution in [3.63, 3.8) is 0 Å². The maximum absolute atomic E-state index is 13.9. The van der Waals surface area contributed by atoms with Gasteiger partial charge < -0.3 is 10.5 Å². The molecule has 0 aliphatic heterocycles. The Balaban J connectivity index is 2.21. The van der Waals surface area contributed by atoms with Crippen molar-refractivity contribution in [2.24, 2.45) is 5.73 Å². The number of para-hydroxylation sites is 1. The highest BCUT2D eigenvalue weighted by molar-refractivity contribution is 5.36. The Morgan fingerprint density at radius 2 is 1.90 bits per heavy atom. The first-order valence-electron chi connectivity index (χ1n) is 6.88. The molecule has 0 aromatic heterocycles. The van der Waals surface area contributed by atoms with Gasteiger partial charge >= 0.3 is 0 Å². The van der Waals surface area contributed by atoms with Crippen molar-refractivity contribution in [2.45, 2.75) is 32.9 Å². The number of nitrogens with two attached hydrogens (primary N) is 1. The minimum Gasteiger partial charge on any atom is -0.486 e. The standard InChI is InChI=1S/C17H19F2NO/c1-11-6-7-15(18)9-14(11)10-21-17-13(8-12(2)20)4-3-5-16(17)19/h3-7,9,12H,8,10,20H2,1-2H3. The second-order valence-corrected chi connectivity index (χ2v) is 5.27. The van der Waals surface area contributed by atoms with Gasteiger partial charge in [-0.25, -0.2) is 8.78 Å². The Kier molecular flexibility index (Phi) is 4.91. The molecule has 0 saturated heterocycles. The smallest absolute Gasteiger partial charge is 0.165 e. The molecule has 0 bridgehead atoms. The topological polar surface area (TPSA) is 35.2 Å². The van der Waals surface area contributed by atoms with Gasteiger partial charge in [-0.1, -0.05) is 18.2 Å². The second kappa shape index (κ2) is 6.68. The molecule has 0 amide bonds. The highest BCUT2D eigenvalue weighted by Gasteiger charge is 2.12. The highest BCUT2D eigenvalue weighted by atomic mass is 19.1. The first kappa shape index (κ1) is 15.4. The van der Waals surface area contributed by atoms with Crippen molar-refractivity contribution in [2.75, 3.05) is 0 Å². The molecule has 21 heavy (non-hydrogen) atoms. The van der Waals surface area contributed by atoms with Gasteiger partial charge in [0.2, 0.25) is 0 Å². The van der Waals surface area contributed by atoms with Gasteiger partial charge in [0.05, 0.1) is 0 Å². The van der Waals surface area contributed by atoms with Crippen LogP contribution in [0.5, 0.6) is 5.75 Å². The molecular weight excluding hydrogens is 272 g/mol. The van der Waals surface area contributed by atoms with Crippen molar-refractivity contribution in [3.8, 4) is 5.75 Å². The van der Waals surface area contributed by atoms with Gasteiger partial charge in [0.25, 0.3) is 0 Å². The monoisotopic (exact) mass is 291 g/mol. The average molecular weight is 291 g/mol. The molecule has 2 aromatic rings. The number of hydrogen-bond acceptors (Lipinski definition) is 2. The summed E-state index contributed by atoms with van der Waals surface area (Å²) in [6.45, 7) is 3.84. The lowest BCUT2D eigenvalue weighted by Gasteiger charge is -2.15. The van der Waals surface area contributed by atoms with Crippen LogP contribution >= 0.6 is 0 Å². The summed E-state index contributed by atoms with van der Waals surface area (Å²) in [7, 11) is 0. The lowest BCUT2D eigenvalue weighted by Crippen LogP contribution is -2.18. The summed E-state index contributed by atoms with van der Waals surface area (Å²) in [5, 5.41) is 0. The van der Waals surface area contributed by atoms with Crippen LogP contribution in [0, 0.1) is 18.6 Å². The molecule has 2 aromatic carbocycles. The molecule has 2 rings (SSSR count). The van der Waals surface area contributed by atoms with Crippen molar-refractivity contribution < 1.29 is 13.5 Å². The van der Waals surface area contributed by atoms with E-state index in [-0.39, 0.29) is 24.2 Å². The van der Waals surface area contributed by atoms with Gasteiger partial charge in [0, 0.05) is 6.04 Å². The van der Waals surface area contributed by atoms with Crippen molar-refractivity contribution in [1.29, 1.82) is 0 Å². The Morgan fingerprint density at radius 1 is 1.14 bits per heavy atom.